The van der Waals surface area contributed by atoms with Gasteiger partial charge in [0.1, 0.15) is 11.6 Å². The first kappa shape index (κ1) is 20.0. The minimum absolute atomic E-state index is 0.0559. The van der Waals surface area contributed by atoms with Crippen LogP contribution < -0.4 is 0 Å². The molecule has 0 aliphatic rings. The summed E-state index contributed by atoms with van der Waals surface area (Å²) in [6.07, 6.45) is 0. The molecule has 1 aromatic carbocycles. The topological polar surface area (TPSA) is 119 Å². The number of para-hydroxylation sites is 1. The summed E-state index contributed by atoms with van der Waals surface area (Å²) < 4.78 is 7.00. The number of azo groups is 1. The molecule has 1 amide bonds. The van der Waals surface area contributed by atoms with Crippen molar-refractivity contribution in [3.8, 4) is 5.88 Å². The number of carbonyl (C=O) groups excluding carboxylic acids is 2. The van der Waals surface area contributed by atoms with Gasteiger partial charge in [-0.2, -0.15) is 0 Å². The van der Waals surface area contributed by atoms with E-state index in [1.807, 2.05) is 6.92 Å². The molecule has 0 bridgehead atoms. The predicted octanol–water partition coefficient (Wildman–Crippen LogP) is 3.47. The normalized spacial score (nSPS) is 11.4. The van der Waals surface area contributed by atoms with Crippen molar-refractivity contribution in [1.82, 2.24) is 14.8 Å². The van der Waals surface area contributed by atoms with Gasteiger partial charge in [-0.3, -0.25) is 14.2 Å². The Hall–Kier alpha value is -2.79. The largest absolute Gasteiger partial charge is 0.493 e. The van der Waals surface area contributed by atoms with Crippen LogP contribution in [0.2, 0.25) is 0 Å². The van der Waals surface area contributed by atoms with Gasteiger partial charge in [0.15, 0.2) is 10.0 Å². The molecule has 0 saturated heterocycles. The fourth-order valence-corrected chi connectivity index (χ4v) is 4.05. The van der Waals surface area contributed by atoms with Gasteiger partial charge in [0.2, 0.25) is 5.88 Å². The molecule has 11 heteroatoms. The van der Waals surface area contributed by atoms with Gasteiger partial charge in [-0.05, 0) is 19.9 Å². The second-order valence-corrected chi connectivity index (χ2v) is 7.95. The van der Waals surface area contributed by atoms with Gasteiger partial charge in [-0.1, -0.05) is 41.3 Å². The summed E-state index contributed by atoms with van der Waals surface area (Å²) in [6.45, 7) is 3.61. The molecule has 146 valence electrons. The van der Waals surface area contributed by atoms with E-state index in [-0.39, 0.29) is 30.5 Å². The van der Waals surface area contributed by atoms with Gasteiger partial charge in [0.05, 0.1) is 17.9 Å². The zero-order valence-electron chi connectivity index (χ0n) is 15.2. The lowest BCUT2D eigenvalue weighted by atomic mass is 10.2. The lowest BCUT2D eigenvalue weighted by Gasteiger charge is -2.06. The van der Waals surface area contributed by atoms with Gasteiger partial charge in [-0.25, -0.2) is 0 Å². The van der Waals surface area contributed by atoms with E-state index < -0.39 is 11.9 Å². The second kappa shape index (κ2) is 8.93. The Morgan fingerprint density at radius 1 is 1.32 bits per heavy atom. The summed E-state index contributed by atoms with van der Waals surface area (Å²) >= 11 is 2.61. The summed E-state index contributed by atoms with van der Waals surface area (Å²) in [6, 6.07) is 7.01. The average Bonchev–Trinajstić information content (AvgIpc) is 3.20. The maximum absolute atomic E-state index is 12.0. The SMILES string of the molecule is CCOC(=O)Cn1c(O)c(N=NC(=O)CSc2nnc(C)s2)c2ccccc21. The van der Waals surface area contributed by atoms with E-state index in [0.29, 0.717) is 15.2 Å². The van der Waals surface area contributed by atoms with Gasteiger partial charge in [0, 0.05) is 5.39 Å². The number of aryl methyl sites for hydroxylation is 1. The highest BCUT2D eigenvalue weighted by molar-refractivity contribution is 8.01. The fraction of sp³-hybridized carbons (Fsp3) is 0.294. The summed E-state index contributed by atoms with van der Waals surface area (Å²) in [7, 11) is 0. The van der Waals surface area contributed by atoms with Crippen LogP contribution in [0.25, 0.3) is 10.9 Å². The first-order valence-electron chi connectivity index (χ1n) is 8.33. The number of hydrogen-bond acceptors (Lipinski definition) is 9. The second-order valence-electron chi connectivity index (χ2n) is 5.55. The van der Waals surface area contributed by atoms with Crippen molar-refractivity contribution < 1.29 is 19.4 Å². The van der Waals surface area contributed by atoms with E-state index in [1.165, 1.54) is 27.7 Å². The Morgan fingerprint density at radius 2 is 2.11 bits per heavy atom. The Balaban J connectivity index is 1.80. The minimum atomic E-state index is -0.484. The summed E-state index contributed by atoms with van der Waals surface area (Å²) in [5.74, 6) is -1.15. The van der Waals surface area contributed by atoms with Crippen molar-refractivity contribution in [2.24, 2.45) is 10.2 Å². The number of nitrogens with zero attached hydrogens (tertiary/aromatic N) is 5. The van der Waals surface area contributed by atoms with Gasteiger partial charge < -0.3 is 9.84 Å². The summed E-state index contributed by atoms with van der Waals surface area (Å²) in [4.78, 5) is 23.9. The Kier molecular flexibility index (Phi) is 6.37. The first-order chi connectivity index (χ1) is 13.5. The molecular weight excluding hydrogens is 402 g/mol. The van der Waals surface area contributed by atoms with Crippen molar-refractivity contribution in [3.05, 3.63) is 29.3 Å². The number of ether oxygens (including phenoxy) is 1. The van der Waals surface area contributed by atoms with E-state index in [2.05, 4.69) is 20.4 Å². The molecule has 2 aromatic heterocycles. The molecule has 0 radical (unpaired) electrons. The molecule has 9 nitrogen and oxygen atoms in total. The van der Waals surface area contributed by atoms with Crippen LogP contribution in [-0.2, 0) is 20.9 Å². The van der Waals surface area contributed by atoms with Crippen LogP contribution in [-0.4, -0.2) is 44.1 Å². The molecule has 1 N–H and O–H groups in total. The van der Waals surface area contributed by atoms with Crippen molar-refractivity contribution in [3.63, 3.8) is 0 Å². The number of hydrogen-bond donors (Lipinski definition) is 1. The van der Waals surface area contributed by atoms with Crippen molar-refractivity contribution in [1.29, 1.82) is 0 Å². The molecule has 28 heavy (non-hydrogen) atoms. The van der Waals surface area contributed by atoms with Crippen molar-refractivity contribution in [2.45, 2.75) is 24.7 Å². The number of carbonyl (C=O) groups is 2. The van der Waals surface area contributed by atoms with Crippen LogP contribution in [0.1, 0.15) is 11.9 Å². The van der Waals surface area contributed by atoms with Gasteiger partial charge in [0.25, 0.3) is 5.91 Å². The van der Waals surface area contributed by atoms with Crippen molar-refractivity contribution >= 4 is 51.6 Å². The number of benzene rings is 1. The van der Waals surface area contributed by atoms with Crippen molar-refractivity contribution in [2.75, 3.05) is 12.4 Å². The molecule has 0 fully saturated rings. The fourth-order valence-electron chi connectivity index (χ4n) is 2.46. The molecule has 3 aromatic rings. The third-order valence-corrected chi connectivity index (χ3v) is 5.55. The van der Waals surface area contributed by atoms with Crippen LogP contribution in [0, 0.1) is 6.92 Å². The molecule has 2 heterocycles. The highest BCUT2D eigenvalue weighted by Gasteiger charge is 2.19. The standard InChI is InChI=1S/C17H17N5O4S2/c1-3-26-14(24)8-22-12-7-5-4-6-11(12)15(16(22)25)20-19-13(23)9-27-17-21-18-10(2)28-17/h4-7,25H,3,8-9H2,1-2H3. The molecule has 0 spiro atoms. The third kappa shape index (κ3) is 4.54. The van der Waals surface area contributed by atoms with Crippen LogP contribution in [0.4, 0.5) is 5.69 Å². The highest BCUT2D eigenvalue weighted by Crippen LogP contribution is 2.38. The molecule has 3 rings (SSSR count). The smallest absolute Gasteiger partial charge is 0.326 e. The zero-order valence-corrected chi connectivity index (χ0v) is 16.8. The van der Waals surface area contributed by atoms with E-state index in [9.17, 15) is 14.7 Å². The highest BCUT2D eigenvalue weighted by atomic mass is 32.2. The summed E-state index contributed by atoms with van der Waals surface area (Å²) in [5, 5.41) is 27.3. The van der Waals surface area contributed by atoms with Crippen LogP contribution in [0.3, 0.4) is 0 Å². The molecular formula is C17H17N5O4S2. The number of rotatable bonds is 7. The van der Waals surface area contributed by atoms with E-state index in [1.54, 1.807) is 31.2 Å². The Labute approximate surface area is 168 Å². The lowest BCUT2D eigenvalue weighted by Crippen LogP contribution is -2.12. The summed E-state index contributed by atoms with van der Waals surface area (Å²) in [5.41, 5.74) is 0.721. The molecule has 0 unspecified atom stereocenters. The number of aromatic nitrogens is 3. The number of fused-ring (bicyclic) bond motifs is 1. The Morgan fingerprint density at radius 3 is 2.82 bits per heavy atom. The molecule has 0 atom stereocenters. The monoisotopic (exact) mass is 419 g/mol. The Bertz CT molecular complexity index is 1040. The molecule has 0 saturated carbocycles. The number of aromatic hydroxyl groups is 1. The van der Waals surface area contributed by atoms with E-state index in [0.717, 1.165) is 5.01 Å². The zero-order chi connectivity index (χ0) is 20.1. The van der Waals surface area contributed by atoms with Gasteiger partial charge in [-0.15, -0.1) is 20.4 Å². The molecule has 0 aliphatic heterocycles. The minimum Gasteiger partial charge on any atom is -0.493 e. The predicted molar refractivity (Wildman–Crippen MR) is 105 cm³/mol. The molecule has 0 aliphatic carbocycles. The average molecular weight is 419 g/mol. The van der Waals surface area contributed by atoms with E-state index >= 15 is 0 Å². The number of esters is 1. The van der Waals surface area contributed by atoms with Crippen LogP contribution in [0.5, 0.6) is 5.88 Å². The maximum Gasteiger partial charge on any atom is 0.326 e. The quantitative estimate of drug-likeness (QED) is 0.354. The number of thioether (sulfide) groups is 1. The first-order valence-corrected chi connectivity index (χ1v) is 10.1. The van der Waals surface area contributed by atoms with E-state index in [4.69, 9.17) is 4.74 Å². The van der Waals surface area contributed by atoms with Crippen LogP contribution >= 0.6 is 23.1 Å². The lowest BCUT2D eigenvalue weighted by molar-refractivity contribution is -0.143. The maximum atomic E-state index is 12.0. The number of amides is 1. The third-order valence-electron chi connectivity index (χ3n) is 3.60. The van der Waals surface area contributed by atoms with Crippen LogP contribution in [0.15, 0.2) is 38.8 Å². The van der Waals surface area contributed by atoms with Gasteiger partial charge >= 0.3 is 5.97 Å².